The van der Waals surface area contributed by atoms with Gasteiger partial charge in [-0.2, -0.15) is 0 Å². The number of rotatable bonds is 3. The third-order valence-electron chi connectivity index (χ3n) is 2.89. The highest BCUT2D eigenvalue weighted by Gasteiger charge is 2.09. The molecule has 2 N–H and O–H groups in total. The Bertz CT molecular complexity index is 748. The Morgan fingerprint density at radius 1 is 1.15 bits per heavy atom. The molecule has 0 amide bonds. The smallest absolute Gasteiger partial charge is 0.168 e. The molecule has 0 unspecified atom stereocenters. The van der Waals surface area contributed by atoms with Crippen LogP contribution in [-0.4, -0.2) is 20.7 Å². The molecule has 102 valence electrons. The van der Waals surface area contributed by atoms with Gasteiger partial charge in [0.25, 0.3) is 0 Å². The van der Waals surface area contributed by atoms with Crippen LogP contribution in [-0.2, 0) is 0 Å². The van der Waals surface area contributed by atoms with Crippen molar-refractivity contribution in [3.63, 3.8) is 0 Å². The van der Waals surface area contributed by atoms with E-state index in [1.807, 2.05) is 60.8 Å². The molecule has 0 aliphatic heterocycles. The lowest BCUT2D eigenvalue weighted by molar-refractivity contribution is 0.242. The predicted molar refractivity (Wildman–Crippen MR) is 78.6 cm³/mol. The summed E-state index contributed by atoms with van der Waals surface area (Å²) in [4.78, 5) is 0. The number of hydrogen-bond acceptors (Lipinski definition) is 4. The topological polar surface area (TPSA) is 65.4 Å². The maximum Gasteiger partial charge on any atom is 0.168 e. The number of fused-ring (bicyclic) bond motifs is 1. The number of nitrogens with two attached hydrogens (primary N) is 1. The molecule has 0 radical (unpaired) electrons. The molecule has 0 aliphatic rings. The first-order valence-electron chi connectivity index (χ1n) is 6.51. The van der Waals surface area contributed by atoms with Gasteiger partial charge in [-0.1, -0.05) is 12.1 Å². The average molecular weight is 268 g/mol. The zero-order valence-corrected chi connectivity index (χ0v) is 11.4. The second kappa shape index (κ2) is 4.85. The van der Waals surface area contributed by atoms with Crippen LogP contribution in [0.15, 0.2) is 42.6 Å². The first-order valence-corrected chi connectivity index (χ1v) is 6.51. The quantitative estimate of drug-likeness (QED) is 0.793. The van der Waals surface area contributed by atoms with Crippen LogP contribution in [0.1, 0.15) is 13.8 Å². The van der Waals surface area contributed by atoms with Gasteiger partial charge in [0.05, 0.1) is 6.10 Å². The van der Waals surface area contributed by atoms with E-state index in [0.717, 1.165) is 22.8 Å². The van der Waals surface area contributed by atoms with Crippen molar-refractivity contribution in [1.29, 1.82) is 0 Å². The lowest BCUT2D eigenvalue weighted by atomic mass is 10.2. The standard InChI is InChI=1S/C15H16N4O/c1-10(2)20-13-5-3-4-11(8-13)15-18-17-14-7-6-12(16)9-19(14)15/h3-10H,16H2,1-2H3. The Morgan fingerprint density at radius 3 is 2.80 bits per heavy atom. The fraction of sp³-hybridized carbons (Fsp3) is 0.200. The van der Waals surface area contributed by atoms with E-state index in [1.54, 1.807) is 0 Å². The van der Waals surface area contributed by atoms with Gasteiger partial charge in [0.15, 0.2) is 11.5 Å². The minimum Gasteiger partial charge on any atom is -0.491 e. The van der Waals surface area contributed by atoms with Crippen LogP contribution < -0.4 is 10.5 Å². The Balaban J connectivity index is 2.08. The van der Waals surface area contributed by atoms with Crippen molar-refractivity contribution in [2.75, 3.05) is 5.73 Å². The highest BCUT2D eigenvalue weighted by molar-refractivity contribution is 5.62. The predicted octanol–water partition coefficient (Wildman–Crippen LogP) is 2.77. The highest BCUT2D eigenvalue weighted by atomic mass is 16.5. The molecule has 1 aromatic carbocycles. The van der Waals surface area contributed by atoms with E-state index in [-0.39, 0.29) is 6.10 Å². The van der Waals surface area contributed by atoms with Crippen molar-refractivity contribution in [2.45, 2.75) is 20.0 Å². The number of ether oxygens (including phenoxy) is 1. The molecule has 5 nitrogen and oxygen atoms in total. The van der Waals surface area contributed by atoms with E-state index in [9.17, 15) is 0 Å². The van der Waals surface area contributed by atoms with E-state index >= 15 is 0 Å². The summed E-state index contributed by atoms with van der Waals surface area (Å²) < 4.78 is 7.59. The summed E-state index contributed by atoms with van der Waals surface area (Å²) in [7, 11) is 0. The largest absolute Gasteiger partial charge is 0.491 e. The Labute approximate surface area is 117 Å². The van der Waals surface area contributed by atoms with Crippen molar-refractivity contribution in [2.24, 2.45) is 0 Å². The van der Waals surface area contributed by atoms with Crippen LogP contribution >= 0.6 is 0 Å². The lowest BCUT2D eigenvalue weighted by Gasteiger charge is -2.10. The molecular formula is C15H16N4O. The van der Waals surface area contributed by atoms with Crippen LogP contribution in [0.3, 0.4) is 0 Å². The average Bonchev–Trinajstić information content (AvgIpc) is 2.81. The first kappa shape index (κ1) is 12.5. The molecule has 0 fully saturated rings. The zero-order valence-electron chi connectivity index (χ0n) is 11.4. The van der Waals surface area contributed by atoms with Crippen LogP contribution in [0.25, 0.3) is 17.0 Å². The molecule has 0 aliphatic carbocycles. The number of pyridine rings is 1. The van der Waals surface area contributed by atoms with Crippen LogP contribution in [0.4, 0.5) is 5.69 Å². The van der Waals surface area contributed by atoms with Crippen LogP contribution in [0, 0.1) is 0 Å². The molecule has 0 saturated heterocycles. The lowest BCUT2D eigenvalue weighted by Crippen LogP contribution is -2.05. The van der Waals surface area contributed by atoms with Gasteiger partial charge < -0.3 is 10.5 Å². The van der Waals surface area contributed by atoms with Crippen molar-refractivity contribution < 1.29 is 4.74 Å². The van der Waals surface area contributed by atoms with E-state index in [2.05, 4.69) is 10.2 Å². The number of nitrogens with zero attached hydrogens (tertiary/aromatic N) is 3. The molecule has 3 aromatic rings. The van der Waals surface area contributed by atoms with Gasteiger partial charge in [-0.3, -0.25) is 4.40 Å². The molecule has 0 bridgehead atoms. The van der Waals surface area contributed by atoms with Gasteiger partial charge in [0.2, 0.25) is 0 Å². The third kappa shape index (κ3) is 2.30. The second-order valence-corrected chi connectivity index (χ2v) is 4.91. The minimum atomic E-state index is 0.135. The minimum absolute atomic E-state index is 0.135. The number of benzene rings is 1. The van der Waals surface area contributed by atoms with E-state index in [0.29, 0.717) is 5.69 Å². The summed E-state index contributed by atoms with van der Waals surface area (Å²) >= 11 is 0. The number of nitrogen functional groups attached to an aromatic ring is 1. The maximum absolute atomic E-state index is 5.82. The molecule has 0 atom stereocenters. The molecule has 20 heavy (non-hydrogen) atoms. The Hall–Kier alpha value is -2.56. The van der Waals surface area contributed by atoms with Crippen molar-refractivity contribution in [3.05, 3.63) is 42.6 Å². The number of aromatic nitrogens is 3. The van der Waals surface area contributed by atoms with E-state index in [1.165, 1.54) is 0 Å². The SMILES string of the molecule is CC(C)Oc1cccc(-c2nnc3ccc(N)cn23)c1. The van der Waals surface area contributed by atoms with Gasteiger partial charge in [0.1, 0.15) is 5.75 Å². The molecule has 3 rings (SSSR count). The maximum atomic E-state index is 5.82. The monoisotopic (exact) mass is 268 g/mol. The third-order valence-corrected chi connectivity index (χ3v) is 2.89. The molecule has 5 heteroatoms. The second-order valence-electron chi connectivity index (χ2n) is 4.91. The van der Waals surface area contributed by atoms with Gasteiger partial charge in [-0.05, 0) is 38.1 Å². The van der Waals surface area contributed by atoms with Crippen molar-refractivity contribution in [1.82, 2.24) is 14.6 Å². The van der Waals surface area contributed by atoms with Gasteiger partial charge in [-0.15, -0.1) is 10.2 Å². The fourth-order valence-corrected chi connectivity index (χ4v) is 2.08. The van der Waals surface area contributed by atoms with Gasteiger partial charge in [0, 0.05) is 17.4 Å². The summed E-state index contributed by atoms with van der Waals surface area (Å²) in [5, 5.41) is 8.37. The van der Waals surface area contributed by atoms with E-state index < -0.39 is 0 Å². The number of anilines is 1. The van der Waals surface area contributed by atoms with Crippen molar-refractivity contribution >= 4 is 11.3 Å². The van der Waals surface area contributed by atoms with Crippen molar-refractivity contribution in [3.8, 4) is 17.1 Å². The van der Waals surface area contributed by atoms with Crippen LogP contribution in [0.2, 0.25) is 0 Å². The van der Waals surface area contributed by atoms with Gasteiger partial charge in [-0.25, -0.2) is 0 Å². The summed E-state index contributed by atoms with van der Waals surface area (Å²) in [6, 6.07) is 11.5. The van der Waals surface area contributed by atoms with Crippen LogP contribution in [0.5, 0.6) is 5.75 Å². The molecular weight excluding hydrogens is 252 g/mol. The molecule has 2 heterocycles. The Morgan fingerprint density at radius 2 is 2.00 bits per heavy atom. The normalized spacial score (nSPS) is 11.2. The summed E-state index contributed by atoms with van der Waals surface area (Å²) in [6.07, 6.45) is 1.96. The van der Waals surface area contributed by atoms with Gasteiger partial charge >= 0.3 is 0 Å². The molecule has 2 aromatic heterocycles. The summed E-state index contributed by atoms with van der Waals surface area (Å²) in [5.74, 6) is 1.57. The summed E-state index contributed by atoms with van der Waals surface area (Å²) in [6.45, 7) is 4.00. The molecule has 0 saturated carbocycles. The first-order chi connectivity index (χ1) is 9.63. The zero-order chi connectivity index (χ0) is 14.1. The van der Waals surface area contributed by atoms with E-state index in [4.69, 9.17) is 10.5 Å². The Kier molecular flexibility index (Phi) is 3.02. The number of hydrogen-bond donors (Lipinski definition) is 1. The molecule has 0 spiro atoms. The highest BCUT2D eigenvalue weighted by Crippen LogP contribution is 2.24. The fourth-order valence-electron chi connectivity index (χ4n) is 2.08. The summed E-state index contributed by atoms with van der Waals surface area (Å²) in [5.41, 5.74) is 8.21.